The summed E-state index contributed by atoms with van der Waals surface area (Å²) < 4.78 is 4.21. The van der Waals surface area contributed by atoms with E-state index < -0.39 is 0 Å². The van der Waals surface area contributed by atoms with Crippen molar-refractivity contribution in [2.45, 2.75) is 20.4 Å². The largest absolute Gasteiger partial charge is 0.328 e. The Hall–Kier alpha value is -2.10. The second-order valence-electron chi connectivity index (χ2n) is 4.02. The first-order valence-corrected chi connectivity index (χ1v) is 5.75. The van der Waals surface area contributed by atoms with E-state index in [9.17, 15) is 0 Å². The number of rotatable bonds is 2. The van der Waals surface area contributed by atoms with Crippen LogP contribution in [0.3, 0.4) is 0 Å². The molecule has 0 aliphatic heterocycles. The van der Waals surface area contributed by atoms with Gasteiger partial charge in [0.15, 0.2) is 0 Å². The Morgan fingerprint density at radius 2 is 2.18 bits per heavy atom. The third kappa shape index (κ3) is 1.45. The Bertz CT molecular complexity index is 649. The van der Waals surface area contributed by atoms with Crippen molar-refractivity contribution in [2.75, 3.05) is 0 Å². The van der Waals surface area contributed by atoms with Crippen LogP contribution in [-0.4, -0.2) is 19.1 Å². The Morgan fingerprint density at radius 1 is 1.29 bits per heavy atom. The van der Waals surface area contributed by atoms with Gasteiger partial charge < -0.3 is 9.13 Å². The summed E-state index contributed by atoms with van der Waals surface area (Å²) in [5.74, 6) is 1.05. The van der Waals surface area contributed by atoms with Gasteiger partial charge in [0.05, 0.1) is 17.5 Å². The van der Waals surface area contributed by atoms with Crippen LogP contribution in [0.25, 0.3) is 16.7 Å². The smallest absolute Gasteiger partial charge is 0.113 e. The monoisotopic (exact) mass is 226 g/mol. The molecule has 3 rings (SSSR count). The van der Waals surface area contributed by atoms with Crippen molar-refractivity contribution in [3.63, 3.8) is 0 Å². The number of benzene rings is 1. The van der Waals surface area contributed by atoms with Gasteiger partial charge in [-0.15, -0.1) is 0 Å². The zero-order valence-electron chi connectivity index (χ0n) is 9.96. The lowest BCUT2D eigenvalue weighted by molar-refractivity contribution is 0.753. The number of para-hydroxylation sites is 1. The van der Waals surface area contributed by atoms with Gasteiger partial charge in [0.25, 0.3) is 0 Å². The van der Waals surface area contributed by atoms with Crippen molar-refractivity contribution in [3.8, 4) is 5.69 Å². The quantitative estimate of drug-likeness (QED) is 0.673. The van der Waals surface area contributed by atoms with E-state index in [0.717, 1.165) is 23.6 Å². The fourth-order valence-corrected chi connectivity index (χ4v) is 2.26. The average molecular weight is 226 g/mol. The molecule has 1 aromatic carbocycles. The molecular weight excluding hydrogens is 212 g/mol. The van der Waals surface area contributed by atoms with Gasteiger partial charge in [-0.05, 0) is 26.0 Å². The molecule has 4 nitrogen and oxygen atoms in total. The first kappa shape index (κ1) is 10.1. The van der Waals surface area contributed by atoms with Crippen LogP contribution in [0.4, 0.5) is 0 Å². The minimum atomic E-state index is 0.940. The number of hydrogen-bond donors (Lipinski definition) is 0. The highest BCUT2D eigenvalue weighted by Crippen LogP contribution is 2.22. The third-order valence-corrected chi connectivity index (χ3v) is 3.05. The summed E-state index contributed by atoms with van der Waals surface area (Å²) in [7, 11) is 0. The molecule has 86 valence electrons. The van der Waals surface area contributed by atoms with Gasteiger partial charge in [-0.3, -0.25) is 0 Å². The fourth-order valence-electron chi connectivity index (χ4n) is 2.26. The second kappa shape index (κ2) is 3.73. The van der Waals surface area contributed by atoms with Gasteiger partial charge in [-0.1, -0.05) is 6.07 Å². The number of imidazole rings is 2. The van der Waals surface area contributed by atoms with Crippen molar-refractivity contribution >= 4 is 11.0 Å². The summed E-state index contributed by atoms with van der Waals surface area (Å²) in [6.45, 7) is 5.12. The van der Waals surface area contributed by atoms with E-state index in [1.807, 2.05) is 17.7 Å². The maximum atomic E-state index is 4.65. The number of aryl methyl sites for hydroxylation is 2. The molecule has 0 aliphatic rings. The lowest BCUT2D eigenvalue weighted by Gasteiger charge is -2.04. The van der Waals surface area contributed by atoms with Crippen LogP contribution in [-0.2, 0) is 6.54 Å². The molecule has 17 heavy (non-hydrogen) atoms. The van der Waals surface area contributed by atoms with Crippen molar-refractivity contribution in [1.29, 1.82) is 0 Å². The Kier molecular flexibility index (Phi) is 2.21. The zero-order valence-corrected chi connectivity index (χ0v) is 9.96. The highest BCUT2D eigenvalue weighted by atomic mass is 15.1. The molecule has 0 saturated carbocycles. The molecule has 0 atom stereocenters. The lowest BCUT2D eigenvalue weighted by atomic mass is 10.2. The van der Waals surface area contributed by atoms with Gasteiger partial charge in [0.2, 0.25) is 0 Å². The highest BCUT2D eigenvalue weighted by Gasteiger charge is 2.10. The number of aromatic nitrogens is 4. The summed E-state index contributed by atoms with van der Waals surface area (Å²) in [5, 5.41) is 0. The molecule has 2 aromatic heterocycles. The predicted molar refractivity (Wildman–Crippen MR) is 67.3 cm³/mol. The molecule has 0 N–H and O–H groups in total. The molecular formula is C13H14N4. The van der Waals surface area contributed by atoms with E-state index in [-0.39, 0.29) is 0 Å². The lowest BCUT2D eigenvalue weighted by Crippen LogP contribution is -1.96. The fraction of sp³-hybridized carbons (Fsp3) is 0.231. The van der Waals surface area contributed by atoms with Gasteiger partial charge >= 0.3 is 0 Å². The van der Waals surface area contributed by atoms with Gasteiger partial charge in [0.1, 0.15) is 11.3 Å². The van der Waals surface area contributed by atoms with E-state index in [4.69, 9.17) is 0 Å². The number of fused-ring (bicyclic) bond motifs is 1. The maximum absolute atomic E-state index is 4.65. The topological polar surface area (TPSA) is 35.6 Å². The summed E-state index contributed by atoms with van der Waals surface area (Å²) in [6, 6.07) is 6.24. The van der Waals surface area contributed by atoms with Crippen LogP contribution in [0.2, 0.25) is 0 Å². The normalized spacial score (nSPS) is 11.2. The predicted octanol–water partition coefficient (Wildman–Crippen LogP) is 2.55. The molecule has 0 radical (unpaired) electrons. The zero-order chi connectivity index (χ0) is 11.8. The molecule has 0 unspecified atom stereocenters. The maximum Gasteiger partial charge on any atom is 0.113 e. The van der Waals surface area contributed by atoms with Crippen LogP contribution in [0.5, 0.6) is 0 Å². The Balaban J connectivity index is 2.34. The summed E-state index contributed by atoms with van der Waals surface area (Å²) in [6.07, 6.45) is 5.52. The Labute approximate surface area is 99.5 Å². The van der Waals surface area contributed by atoms with Crippen LogP contribution in [0.15, 0.2) is 36.9 Å². The summed E-state index contributed by atoms with van der Waals surface area (Å²) >= 11 is 0. The Morgan fingerprint density at radius 3 is 2.88 bits per heavy atom. The number of nitrogens with zero attached hydrogens (tertiary/aromatic N) is 4. The summed E-state index contributed by atoms with van der Waals surface area (Å²) in [5.41, 5.74) is 3.29. The molecule has 3 aromatic rings. The third-order valence-electron chi connectivity index (χ3n) is 3.05. The van der Waals surface area contributed by atoms with Crippen LogP contribution >= 0.6 is 0 Å². The second-order valence-corrected chi connectivity index (χ2v) is 4.02. The first-order valence-electron chi connectivity index (χ1n) is 5.75. The van der Waals surface area contributed by atoms with Crippen molar-refractivity contribution in [2.24, 2.45) is 0 Å². The van der Waals surface area contributed by atoms with E-state index in [1.54, 1.807) is 12.5 Å². The van der Waals surface area contributed by atoms with E-state index >= 15 is 0 Å². The molecule has 2 heterocycles. The van der Waals surface area contributed by atoms with Crippen molar-refractivity contribution in [1.82, 2.24) is 19.1 Å². The van der Waals surface area contributed by atoms with Crippen molar-refractivity contribution < 1.29 is 0 Å². The average Bonchev–Trinajstić information content (AvgIpc) is 2.94. The molecule has 0 saturated heterocycles. The highest BCUT2D eigenvalue weighted by molar-refractivity contribution is 5.84. The van der Waals surface area contributed by atoms with E-state index in [0.29, 0.717) is 0 Å². The van der Waals surface area contributed by atoms with E-state index in [1.165, 1.54) is 5.52 Å². The number of hydrogen-bond acceptors (Lipinski definition) is 2. The molecule has 0 amide bonds. The summed E-state index contributed by atoms with van der Waals surface area (Å²) in [4.78, 5) is 8.74. The van der Waals surface area contributed by atoms with Gasteiger partial charge in [-0.25, -0.2) is 9.97 Å². The SMILES string of the molecule is CCn1c(C)nc2c(-n3ccnc3)cccc21. The molecule has 0 fully saturated rings. The molecule has 0 bridgehead atoms. The minimum absolute atomic E-state index is 0.940. The van der Waals surface area contributed by atoms with Crippen LogP contribution in [0, 0.1) is 6.92 Å². The van der Waals surface area contributed by atoms with Crippen LogP contribution in [0.1, 0.15) is 12.7 Å². The van der Waals surface area contributed by atoms with Crippen LogP contribution < -0.4 is 0 Å². The first-order chi connectivity index (χ1) is 8.31. The van der Waals surface area contributed by atoms with Gasteiger partial charge in [-0.2, -0.15) is 0 Å². The molecule has 0 aliphatic carbocycles. The van der Waals surface area contributed by atoms with Gasteiger partial charge in [0, 0.05) is 18.9 Å². The minimum Gasteiger partial charge on any atom is -0.328 e. The molecule has 0 spiro atoms. The van der Waals surface area contributed by atoms with Crippen molar-refractivity contribution in [3.05, 3.63) is 42.7 Å². The molecule has 4 heteroatoms. The standard InChI is InChI=1S/C13H14N4/c1-3-17-10(2)15-13-11(5-4-6-12(13)17)16-8-7-14-9-16/h4-9H,3H2,1-2H3. The van der Waals surface area contributed by atoms with E-state index in [2.05, 4.69) is 39.7 Å².